The topological polar surface area (TPSA) is 64.6 Å². The quantitative estimate of drug-likeness (QED) is 0.448. The number of sulfone groups is 1. The molecular formula is C9H16ClNO4S2. The number of halogens is 1. The predicted molar refractivity (Wildman–Crippen MR) is 70.3 cm³/mol. The van der Waals surface area contributed by atoms with Gasteiger partial charge in [-0.05, 0) is 19.1 Å². The molecular weight excluding hydrogens is 286 g/mol. The van der Waals surface area contributed by atoms with Gasteiger partial charge in [-0.25, -0.2) is 8.42 Å². The van der Waals surface area contributed by atoms with E-state index in [9.17, 15) is 8.42 Å². The molecule has 1 N–H and O–H groups in total. The summed E-state index contributed by atoms with van der Waals surface area (Å²) in [4.78, 5) is 0. The molecule has 0 aromatic heterocycles. The molecule has 2 atom stereocenters. The summed E-state index contributed by atoms with van der Waals surface area (Å²) >= 11 is 10.8. The van der Waals surface area contributed by atoms with Gasteiger partial charge >= 0.3 is 0 Å². The second-order valence-corrected chi connectivity index (χ2v) is 6.76. The predicted octanol–water partition coefficient (Wildman–Crippen LogP) is 0.318. The van der Waals surface area contributed by atoms with E-state index in [-0.39, 0.29) is 22.7 Å². The fourth-order valence-corrected chi connectivity index (χ4v) is 4.25. The molecule has 0 aromatic rings. The molecule has 1 saturated heterocycles. The minimum absolute atomic E-state index is 0.00384. The van der Waals surface area contributed by atoms with Crippen molar-refractivity contribution in [3.05, 3.63) is 0 Å². The first kappa shape index (κ1) is 14.9. The Morgan fingerprint density at radius 1 is 1.47 bits per heavy atom. The van der Waals surface area contributed by atoms with Crippen molar-refractivity contribution in [3.8, 4) is 0 Å². The third-order valence-corrected chi connectivity index (χ3v) is 4.86. The van der Waals surface area contributed by atoms with Crippen molar-refractivity contribution >= 4 is 38.8 Å². The lowest BCUT2D eigenvalue weighted by atomic mass is 10.3. The molecule has 1 aliphatic heterocycles. The molecule has 1 aliphatic rings. The Morgan fingerprint density at radius 2 is 2.18 bits per heavy atom. The highest BCUT2D eigenvalue weighted by Crippen LogP contribution is 2.17. The molecule has 1 heterocycles. The molecule has 5 nitrogen and oxygen atoms in total. The number of nitrogens with one attached hydrogen (secondary N) is 1. The first-order valence-electron chi connectivity index (χ1n) is 5.30. The van der Waals surface area contributed by atoms with Gasteiger partial charge in [0.1, 0.15) is 6.61 Å². The van der Waals surface area contributed by atoms with Gasteiger partial charge in [-0.1, -0.05) is 0 Å². The number of hydrogen-bond donors (Lipinski definition) is 1. The molecule has 0 aliphatic carbocycles. The van der Waals surface area contributed by atoms with Crippen LogP contribution in [0, 0.1) is 0 Å². The number of hydrogen-bond acceptors (Lipinski definition) is 5. The summed E-state index contributed by atoms with van der Waals surface area (Å²) in [7, 11) is -3.05. The van der Waals surface area contributed by atoms with Gasteiger partial charge in [-0.15, -0.1) is 11.6 Å². The molecule has 0 bridgehead atoms. The van der Waals surface area contributed by atoms with E-state index < -0.39 is 15.2 Å². The van der Waals surface area contributed by atoms with Crippen LogP contribution in [0.3, 0.4) is 0 Å². The maximum Gasteiger partial charge on any atom is 0.257 e. The Bertz CT molecular complexity index is 360. The van der Waals surface area contributed by atoms with E-state index in [0.29, 0.717) is 19.8 Å². The minimum Gasteiger partial charge on any atom is -0.469 e. The molecule has 0 saturated carbocycles. The lowest BCUT2D eigenvalue weighted by molar-refractivity contribution is 0.105. The van der Waals surface area contributed by atoms with Gasteiger partial charge in [0.25, 0.3) is 5.17 Å². The van der Waals surface area contributed by atoms with E-state index in [0.717, 1.165) is 0 Å². The molecule has 0 spiro atoms. The van der Waals surface area contributed by atoms with E-state index in [1.165, 1.54) is 0 Å². The van der Waals surface area contributed by atoms with Crippen LogP contribution in [-0.4, -0.2) is 56.3 Å². The van der Waals surface area contributed by atoms with E-state index in [2.05, 4.69) is 5.32 Å². The Labute approximate surface area is 112 Å². The van der Waals surface area contributed by atoms with Crippen molar-refractivity contribution < 1.29 is 17.9 Å². The van der Waals surface area contributed by atoms with Gasteiger partial charge in [0.15, 0.2) is 9.84 Å². The van der Waals surface area contributed by atoms with Crippen LogP contribution in [-0.2, 0) is 19.3 Å². The van der Waals surface area contributed by atoms with E-state index in [4.69, 9.17) is 33.3 Å². The fraction of sp³-hybridized carbons (Fsp3) is 0.889. The van der Waals surface area contributed by atoms with Crippen LogP contribution in [0.5, 0.6) is 0 Å². The zero-order chi connectivity index (χ0) is 12.9. The first-order valence-corrected chi connectivity index (χ1v) is 7.96. The maximum atomic E-state index is 11.3. The van der Waals surface area contributed by atoms with Crippen molar-refractivity contribution in [2.24, 2.45) is 0 Å². The van der Waals surface area contributed by atoms with Crippen molar-refractivity contribution in [2.45, 2.75) is 18.3 Å². The van der Waals surface area contributed by atoms with Crippen LogP contribution in [0.1, 0.15) is 6.92 Å². The third-order valence-electron chi connectivity index (χ3n) is 2.25. The van der Waals surface area contributed by atoms with E-state index >= 15 is 0 Å². The smallest absolute Gasteiger partial charge is 0.257 e. The van der Waals surface area contributed by atoms with Crippen LogP contribution < -0.4 is 5.32 Å². The number of rotatable bonds is 5. The zero-order valence-corrected chi connectivity index (χ0v) is 11.9. The SMILES string of the molecule is CCOCCOC(=S)NC1CS(=O)(=O)CC1Cl. The summed E-state index contributed by atoms with van der Waals surface area (Å²) in [5, 5.41) is 2.50. The van der Waals surface area contributed by atoms with Crippen molar-refractivity contribution in [3.63, 3.8) is 0 Å². The molecule has 1 fully saturated rings. The van der Waals surface area contributed by atoms with Gasteiger partial charge < -0.3 is 14.8 Å². The van der Waals surface area contributed by atoms with E-state index in [1.807, 2.05) is 6.92 Å². The summed E-state index contributed by atoms with van der Waals surface area (Å²) in [6, 6.07) is -0.374. The van der Waals surface area contributed by atoms with Crippen LogP contribution in [0.2, 0.25) is 0 Å². The normalized spacial score (nSPS) is 26.7. The molecule has 1 rings (SSSR count). The number of ether oxygens (including phenoxy) is 2. The summed E-state index contributed by atoms with van der Waals surface area (Å²) < 4.78 is 32.8. The maximum absolute atomic E-state index is 11.3. The van der Waals surface area contributed by atoms with Gasteiger partial charge in [0, 0.05) is 6.61 Å². The lowest BCUT2D eigenvalue weighted by Gasteiger charge is -2.16. The molecule has 2 unspecified atom stereocenters. The van der Waals surface area contributed by atoms with Crippen LogP contribution in [0.25, 0.3) is 0 Å². The lowest BCUT2D eigenvalue weighted by Crippen LogP contribution is -2.41. The molecule has 0 radical (unpaired) electrons. The number of alkyl halides is 1. The zero-order valence-electron chi connectivity index (χ0n) is 9.52. The van der Waals surface area contributed by atoms with Gasteiger partial charge in [-0.3, -0.25) is 0 Å². The Morgan fingerprint density at radius 3 is 2.71 bits per heavy atom. The fourth-order valence-electron chi connectivity index (χ4n) is 1.47. The first-order chi connectivity index (χ1) is 7.94. The van der Waals surface area contributed by atoms with Crippen LogP contribution >= 0.6 is 23.8 Å². The average Bonchev–Trinajstić information content (AvgIpc) is 2.47. The Hall–Kier alpha value is -0.110. The summed E-state index contributed by atoms with van der Waals surface area (Å²) in [6.45, 7) is 3.30. The highest BCUT2D eigenvalue weighted by atomic mass is 35.5. The Balaban J connectivity index is 2.27. The summed E-state index contributed by atoms with van der Waals surface area (Å²) in [5.41, 5.74) is 0. The summed E-state index contributed by atoms with van der Waals surface area (Å²) in [6.07, 6.45) is 0. The second-order valence-electron chi connectivity index (χ2n) is 3.68. The molecule has 0 amide bonds. The van der Waals surface area contributed by atoms with Crippen LogP contribution in [0.4, 0.5) is 0 Å². The molecule has 17 heavy (non-hydrogen) atoms. The summed E-state index contributed by atoms with van der Waals surface area (Å²) in [5.74, 6) is -0.0239. The second kappa shape index (κ2) is 6.72. The largest absolute Gasteiger partial charge is 0.469 e. The van der Waals surface area contributed by atoms with Crippen molar-refractivity contribution in [1.82, 2.24) is 5.32 Å². The van der Waals surface area contributed by atoms with E-state index in [1.54, 1.807) is 0 Å². The highest BCUT2D eigenvalue weighted by Gasteiger charge is 2.36. The van der Waals surface area contributed by atoms with Crippen molar-refractivity contribution in [1.29, 1.82) is 0 Å². The van der Waals surface area contributed by atoms with Gasteiger partial charge in [-0.2, -0.15) is 0 Å². The van der Waals surface area contributed by atoms with Crippen molar-refractivity contribution in [2.75, 3.05) is 31.3 Å². The molecule has 100 valence electrons. The van der Waals surface area contributed by atoms with Gasteiger partial charge in [0.05, 0.1) is 29.5 Å². The average molecular weight is 302 g/mol. The Kier molecular flexibility index (Phi) is 5.91. The highest BCUT2D eigenvalue weighted by molar-refractivity contribution is 7.91. The number of thiocarbonyl (C=S) groups is 1. The van der Waals surface area contributed by atoms with Gasteiger partial charge in [0.2, 0.25) is 0 Å². The third kappa shape index (κ3) is 5.37. The minimum atomic E-state index is -3.05. The molecule has 8 heteroatoms. The van der Waals surface area contributed by atoms with Crippen LogP contribution in [0.15, 0.2) is 0 Å². The monoisotopic (exact) mass is 301 g/mol. The standard InChI is InChI=1S/C9H16ClNO4S2/c1-2-14-3-4-15-9(16)11-8-6-17(12,13)5-7(8)10/h7-8H,2-6H2,1H3,(H,11,16). The molecule has 0 aromatic carbocycles.